The molecule has 124 valence electrons. The second-order valence-electron chi connectivity index (χ2n) is 5.01. The summed E-state index contributed by atoms with van der Waals surface area (Å²) in [7, 11) is 1.35. The van der Waals surface area contributed by atoms with E-state index in [-0.39, 0.29) is 5.97 Å². The van der Waals surface area contributed by atoms with Crippen LogP contribution in [0.5, 0.6) is 11.5 Å². The normalized spacial score (nSPS) is 12.2. The van der Waals surface area contributed by atoms with E-state index < -0.39 is 0 Å². The molecule has 2 aromatic rings. The first-order chi connectivity index (χ1) is 11.7. The van der Waals surface area contributed by atoms with Crippen LogP contribution in [0.4, 0.5) is 11.4 Å². The Kier molecular flexibility index (Phi) is 4.81. The Labute approximate surface area is 144 Å². The SMILES string of the molecule is COC(=O)c1ccc(NC(=S)Nc2ccc3c(c2)OCCO3)cc1. The maximum atomic E-state index is 11.4. The lowest BCUT2D eigenvalue weighted by Crippen LogP contribution is -2.20. The molecule has 7 heteroatoms. The lowest BCUT2D eigenvalue weighted by molar-refractivity contribution is 0.0601. The number of rotatable bonds is 3. The van der Waals surface area contributed by atoms with Gasteiger partial charge in [-0.15, -0.1) is 0 Å². The molecule has 0 spiro atoms. The van der Waals surface area contributed by atoms with Crippen molar-refractivity contribution < 1.29 is 19.0 Å². The standard InChI is InChI=1S/C17H16N2O4S/c1-21-16(20)11-2-4-12(5-3-11)18-17(24)19-13-6-7-14-15(10-13)23-9-8-22-14/h2-7,10H,8-9H2,1H3,(H2,18,19,24). The van der Waals surface area contributed by atoms with Gasteiger partial charge in [-0.3, -0.25) is 0 Å². The topological polar surface area (TPSA) is 68.8 Å². The summed E-state index contributed by atoms with van der Waals surface area (Å²) in [6.07, 6.45) is 0. The van der Waals surface area contributed by atoms with Gasteiger partial charge in [-0.2, -0.15) is 0 Å². The van der Waals surface area contributed by atoms with Crippen molar-refractivity contribution in [3.8, 4) is 11.5 Å². The van der Waals surface area contributed by atoms with E-state index in [0.29, 0.717) is 29.6 Å². The predicted octanol–water partition coefficient (Wildman–Crippen LogP) is 3.05. The summed E-state index contributed by atoms with van der Waals surface area (Å²) in [5, 5.41) is 6.56. The average Bonchev–Trinajstić information content (AvgIpc) is 2.61. The number of ether oxygens (including phenoxy) is 3. The fourth-order valence-electron chi connectivity index (χ4n) is 2.22. The Morgan fingerprint density at radius 2 is 1.62 bits per heavy atom. The predicted molar refractivity (Wildman–Crippen MR) is 95.1 cm³/mol. The van der Waals surface area contributed by atoms with Crippen molar-refractivity contribution in [2.24, 2.45) is 0 Å². The van der Waals surface area contributed by atoms with Crippen LogP contribution >= 0.6 is 12.2 Å². The van der Waals surface area contributed by atoms with Gasteiger partial charge in [0.2, 0.25) is 0 Å². The van der Waals surface area contributed by atoms with E-state index >= 15 is 0 Å². The highest BCUT2D eigenvalue weighted by atomic mass is 32.1. The highest BCUT2D eigenvalue weighted by Gasteiger charge is 2.12. The number of carbonyl (C=O) groups excluding carboxylic acids is 1. The fraction of sp³-hybridized carbons (Fsp3) is 0.176. The number of fused-ring (bicyclic) bond motifs is 1. The van der Waals surface area contributed by atoms with Gasteiger partial charge in [0.25, 0.3) is 0 Å². The second-order valence-corrected chi connectivity index (χ2v) is 5.41. The van der Waals surface area contributed by atoms with Crippen molar-refractivity contribution in [3.63, 3.8) is 0 Å². The number of methoxy groups -OCH3 is 1. The van der Waals surface area contributed by atoms with Crippen LogP contribution in [0.2, 0.25) is 0 Å². The van der Waals surface area contributed by atoms with Crippen LogP contribution in [0.25, 0.3) is 0 Å². The Hall–Kier alpha value is -2.80. The molecule has 1 heterocycles. The molecular formula is C17H16N2O4S. The third kappa shape index (κ3) is 3.75. The molecule has 0 radical (unpaired) electrons. The maximum Gasteiger partial charge on any atom is 0.337 e. The summed E-state index contributed by atoms with van der Waals surface area (Å²) in [5.41, 5.74) is 2.04. The Balaban J connectivity index is 1.62. The molecule has 3 rings (SSSR count). The molecule has 1 aliphatic rings. The Bertz CT molecular complexity index is 762. The molecule has 0 fully saturated rings. The van der Waals surface area contributed by atoms with Crippen LogP contribution in [0.3, 0.4) is 0 Å². The van der Waals surface area contributed by atoms with Gasteiger partial charge in [-0.1, -0.05) is 0 Å². The second kappa shape index (κ2) is 7.18. The van der Waals surface area contributed by atoms with Crippen LogP contribution in [-0.4, -0.2) is 31.4 Å². The van der Waals surface area contributed by atoms with Gasteiger partial charge in [-0.25, -0.2) is 4.79 Å². The van der Waals surface area contributed by atoms with Gasteiger partial charge in [0.15, 0.2) is 16.6 Å². The third-order valence-corrected chi connectivity index (χ3v) is 3.57. The molecule has 6 nitrogen and oxygen atoms in total. The van der Waals surface area contributed by atoms with Crippen LogP contribution in [0.15, 0.2) is 42.5 Å². The van der Waals surface area contributed by atoms with Crippen molar-refractivity contribution in [3.05, 3.63) is 48.0 Å². The molecule has 0 atom stereocenters. The molecule has 24 heavy (non-hydrogen) atoms. The highest BCUT2D eigenvalue weighted by Crippen LogP contribution is 2.32. The zero-order valence-electron chi connectivity index (χ0n) is 13.0. The van der Waals surface area contributed by atoms with E-state index in [0.717, 1.165) is 17.1 Å². The number of esters is 1. The molecule has 2 aromatic carbocycles. The van der Waals surface area contributed by atoms with E-state index in [9.17, 15) is 4.79 Å². The van der Waals surface area contributed by atoms with E-state index in [2.05, 4.69) is 15.4 Å². The fourth-order valence-corrected chi connectivity index (χ4v) is 2.46. The summed E-state index contributed by atoms with van der Waals surface area (Å²) >= 11 is 5.29. The minimum atomic E-state index is -0.376. The van der Waals surface area contributed by atoms with Gasteiger partial charge >= 0.3 is 5.97 Å². The first-order valence-electron chi connectivity index (χ1n) is 7.32. The average molecular weight is 344 g/mol. The van der Waals surface area contributed by atoms with Crippen molar-refractivity contribution in [2.75, 3.05) is 31.0 Å². The third-order valence-electron chi connectivity index (χ3n) is 3.36. The minimum absolute atomic E-state index is 0.376. The number of benzene rings is 2. The molecule has 0 saturated heterocycles. The van der Waals surface area contributed by atoms with Crippen LogP contribution in [0.1, 0.15) is 10.4 Å². The molecular weight excluding hydrogens is 328 g/mol. The zero-order valence-corrected chi connectivity index (χ0v) is 13.8. The number of hydrogen-bond acceptors (Lipinski definition) is 5. The van der Waals surface area contributed by atoms with Crippen molar-refractivity contribution in [2.45, 2.75) is 0 Å². The minimum Gasteiger partial charge on any atom is -0.486 e. The Morgan fingerprint density at radius 1 is 1.00 bits per heavy atom. The summed E-state index contributed by atoms with van der Waals surface area (Å²) in [6, 6.07) is 12.4. The first kappa shape index (κ1) is 16.1. The molecule has 0 amide bonds. The van der Waals surface area contributed by atoms with E-state index in [1.807, 2.05) is 18.2 Å². The summed E-state index contributed by atoms with van der Waals surface area (Å²) in [5.74, 6) is 1.04. The molecule has 0 aliphatic carbocycles. The summed E-state index contributed by atoms with van der Waals surface area (Å²) in [6.45, 7) is 1.09. The molecule has 0 unspecified atom stereocenters. The number of anilines is 2. The van der Waals surface area contributed by atoms with Crippen molar-refractivity contribution >= 4 is 34.7 Å². The monoisotopic (exact) mass is 344 g/mol. The van der Waals surface area contributed by atoms with Gasteiger partial charge < -0.3 is 24.8 Å². The van der Waals surface area contributed by atoms with E-state index in [1.54, 1.807) is 24.3 Å². The number of carbonyl (C=O) groups is 1. The van der Waals surface area contributed by atoms with E-state index in [4.69, 9.17) is 21.7 Å². The van der Waals surface area contributed by atoms with Crippen LogP contribution in [0, 0.1) is 0 Å². The van der Waals surface area contributed by atoms with Crippen LogP contribution < -0.4 is 20.1 Å². The van der Waals surface area contributed by atoms with Crippen molar-refractivity contribution in [1.82, 2.24) is 0 Å². The largest absolute Gasteiger partial charge is 0.486 e. The zero-order chi connectivity index (χ0) is 16.9. The quantitative estimate of drug-likeness (QED) is 0.655. The molecule has 0 aromatic heterocycles. The smallest absolute Gasteiger partial charge is 0.337 e. The van der Waals surface area contributed by atoms with Crippen LogP contribution in [-0.2, 0) is 4.74 Å². The van der Waals surface area contributed by atoms with Gasteiger partial charge in [-0.05, 0) is 48.6 Å². The highest BCUT2D eigenvalue weighted by molar-refractivity contribution is 7.80. The molecule has 0 bridgehead atoms. The van der Waals surface area contributed by atoms with Crippen molar-refractivity contribution in [1.29, 1.82) is 0 Å². The van der Waals surface area contributed by atoms with Gasteiger partial charge in [0.05, 0.1) is 12.7 Å². The molecule has 2 N–H and O–H groups in total. The molecule has 0 saturated carbocycles. The summed E-state index contributed by atoms with van der Waals surface area (Å²) < 4.78 is 15.7. The summed E-state index contributed by atoms with van der Waals surface area (Å²) in [4.78, 5) is 11.4. The first-order valence-corrected chi connectivity index (χ1v) is 7.72. The number of nitrogens with one attached hydrogen (secondary N) is 2. The molecule has 1 aliphatic heterocycles. The number of hydrogen-bond donors (Lipinski definition) is 2. The van der Waals surface area contributed by atoms with E-state index in [1.165, 1.54) is 7.11 Å². The maximum absolute atomic E-state index is 11.4. The lowest BCUT2D eigenvalue weighted by atomic mass is 10.2. The Morgan fingerprint density at radius 3 is 2.33 bits per heavy atom. The van der Waals surface area contributed by atoms with Gasteiger partial charge in [0.1, 0.15) is 13.2 Å². The lowest BCUT2D eigenvalue weighted by Gasteiger charge is -2.19. The number of thiocarbonyl (C=S) groups is 1. The van der Waals surface area contributed by atoms with Gasteiger partial charge in [0, 0.05) is 17.4 Å².